The van der Waals surface area contributed by atoms with Crippen LogP contribution in [0.3, 0.4) is 0 Å². The summed E-state index contributed by atoms with van der Waals surface area (Å²) in [5.74, 6) is 4.66. The Balaban J connectivity index is 0.000000681. The van der Waals surface area contributed by atoms with Crippen LogP contribution in [-0.2, 0) is 14.3 Å². The Morgan fingerprint density at radius 3 is 2.06 bits per heavy atom. The van der Waals surface area contributed by atoms with Crippen molar-refractivity contribution in [1.29, 1.82) is 0 Å². The van der Waals surface area contributed by atoms with Gasteiger partial charge in [-0.15, -0.1) is 0 Å². The molecule has 0 aromatic carbocycles. The number of Topliss-reactive ketones (excluding diaryl/α,β-unsaturated/α-hetero) is 2. The highest BCUT2D eigenvalue weighted by Gasteiger charge is 2.65. The van der Waals surface area contributed by atoms with Crippen LogP contribution in [0.15, 0.2) is 34.4 Å². The molecule has 4 heteroatoms. The Morgan fingerprint density at radius 2 is 1.54 bits per heavy atom. The van der Waals surface area contributed by atoms with Gasteiger partial charge in [0, 0.05) is 31.6 Å². The highest BCUT2D eigenvalue weighted by Crippen LogP contribution is 2.72. The predicted octanol–water partition coefficient (Wildman–Crippen LogP) is 11.9. The van der Waals surface area contributed by atoms with Crippen LogP contribution in [0.4, 0.5) is 0 Å². The molecule has 0 bridgehead atoms. The Kier molecular flexibility index (Phi) is 14.7. The smallest absolute Gasteiger partial charge is 0.162 e. The lowest BCUT2D eigenvalue weighted by atomic mass is 9.37. The molecule has 3 saturated carbocycles. The second kappa shape index (κ2) is 17.1. The van der Waals surface area contributed by atoms with Crippen molar-refractivity contribution < 1.29 is 19.4 Å². The third-order valence-electron chi connectivity index (χ3n) is 14.7. The maximum Gasteiger partial charge on any atom is 0.162 e. The van der Waals surface area contributed by atoms with E-state index in [1.807, 2.05) is 13.8 Å². The predicted molar refractivity (Wildman–Crippen MR) is 211 cm³/mol. The summed E-state index contributed by atoms with van der Waals surface area (Å²) in [6.45, 7) is 30.0. The number of fused-ring (bicyclic) bond motifs is 7. The number of aliphatic hydroxyl groups excluding tert-OH is 1. The number of ketones is 2. The van der Waals surface area contributed by atoms with E-state index in [1.54, 1.807) is 12.5 Å². The van der Waals surface area contributed by atoms with Crippen LogP contribution in [0.5, 0.6) is 0 Å². The summed E-state index contributed by atoms with van der Waals surface area (Å²) in [6.07, 6.45) is 18.4. The van der Waals surface area contributed by atoms with Crippen LogP contribution in [0, 0.1) is 57.7 Å². The van der Waals surface area contributed by atoms with E-state index in [-0.39, 0.29) is 22.9 Å². The van der Waals surface area contributed by atoms with Crippen molar-refractivity contribution in [3.8, 4) is 0 Å². The van der Waals surface area contributed by atoms with Crippen molar-refractivity contribution in [3.63, 3.8) is 0 Å². The van der Waals surface area contributed by atoms with Crippen molar-refractivity contribution in [2.75, 3.05) is 13.7 Å². The fourth-order valence-electron chi connectivity index (χ4n) is 12.3. The first-order valence-electron chi connectivity index (χ1n) is 20.8. The van der Waals surface area contributed by atoms with Crippen molar-refractivity contribution in [2.45, 2.75) is 173 Å². The number of carbonyl (C=O) groups is 2. The van der Waals surface area contributed by atoms with Crippen LogP contribution in [0.25, 0.3) is 0 Å². The molecule has 0 amide bonds. The summed E-state index contributed by atoms with van der Waals surface area (Å²) in [5, 5.41) is 7.00. The maximum atomic E-state index is 13.5. The summed E-state index contributed by atoms with van der Waals surface area (Å²) in [5.41, 5.74) is 6.15. The molecule has 6 rings (SSSR count). The van der Waals surface area contributed by atoms with Gasteiger partial charge in [0.05, 0.1) is 5.60 Å². The van der Waals surface area contributed by atoms with Gasteiger partial charge in [-0.05, 0) is 147 Å². The SMILES string of the molecule is CC.CCC(C)C.CCOC12CCC3C(CCC4C3(C)CCC3C(C)(C)C(C5=CCC(C(C)=O)CC5)=CCC34C)C1=C(C(C)C)C(=O)C2.CO. The minimum absolute atomic E-state index is 0.155. The molecule has 0 saturated heterocycles. The summed E-state index contributed by atoms with van der Waals surface area (Å²) in [7, 11) is 1.00. The standard InChI is InChI=1S/C38H56O3.C5H12.C2H6.CH4O/c1-9-41-38-21-17-29-27(34(38)33(23(2)3)30(40)22-38)14-15-32-36(29,7)20-18-31-35(5,6)28(16-19-37(31,32)8)26-12-10-25(11-13-26)24(4)39;1-4-5(2)3;2*1-2/h12,16,23,25,27,29,31-32H,9-11,13-15,17-22H2,1-8H3;5H,4H2,1-3H3;1-2H3;2H,1H3. The Labute approximate surface area is 308 Å². The zero-order valence-corrected chi connectivity index (χ0v) is 35.1. The number of hydrogen-bond acceptors (Lipinski definition) is 4. The van der Waals surface area contributed by atoms with Gasteiger partial charge < -0.3 is 9.84 Å². The third kappa shape index (κ3) is 7.60. The molecule has 0 spiro atoms. The minimum Gasteiger partial charge on any atom is -0.400 e. The van der Waals surface area contributed by atoms with E-state index in [4.69, 9.17) is 9.84 Å². The molecule has 3 fully saturated rings. The van der Waals surface area contributed by atoms with Crippen molar-refractivity contribution in [1.82, 2.24) is 0 Å². The fraction of sp³-hybridized carbons (Fsp3) is 0.826. The second-order valence-corrected chi connectivity index (χ2v) is 18.2. The van der Waals surface area contributed by atoms with E-state index in [9.17, 15) is 9.59 Å². The molecule has 50 heavy (non-hydrogen) atoms. The molecular formula is C46H78O4. The molecule has 8 unspecified atom stereocenters. The quantitative estimate of drug-likeness (QED) is 0.301. The average molecular weight is 695 g/mol. The van der Waals surface area contributed by atoms with Gasteiger partial charge in [0.2, 0.25) is 0 Å². The van der Waals surface area contributed by atoms with E-state index in [1.165, 1.54) is 56.1 Å². The normalized spacial score (nSPS) is 36.9. The molecule has 8 atom stereocenters. The molecule has 1 N–H and O–H groups in total. The molecule has 0 heterocycles. The van der Waals surface area contributed by atoms with E-state index in [0.717, 1.165) is 44.3 Å². The Bertz CT molecular complexity index is 1280. The van der Waals surface area contributed by atoms with Gasteiger partial charge in [0.25, 0.3) is 0 Å². The van der Waals surface area contributed by atoms with E-state index < -0.39 is 0 Å². The maximum absolute atomic E-state index is 13.5. The van der Waals surface area contributed by atoms with Gasteiger partial charge in [-0.25, -0.2) is 0 Å². The lowest BCUT2D eigenvalue weighted by Gasteiger charge is -2.68. The molecular weight excluding hydrogens is 617 g/mol. The number of carbonyl (C=O) groups excluding carboxylic acids is 2. The number of allylic oxidation sites excluding steroid dienone is 5. The fourth-order valence-corrected chi connectivity index (χ4v) is 12.3. The lowest BCUT2D eigenvalue weighted by molar-refractivity contribution is -0.167. The molecule has 6 aliphatic rings. The minimum atomic E-state index is -0.323. The molecule has 0 aromatic heterocycles. The summed E-state index contributed by atoms with van der Waals surface area (Å²) in [6, 6.07) is 0. The van der Waals surface area contributed by atoms with Crippen LogP contribution in [-0.4, -0.2) is 36.0 Å². The highest BCUT2D eigenvalue weighted by atomic mass is 16.5. The van der Waals surface area contributed by atoms with Gasteiger partial charge in [0.1, 0.15) is 5.78 Å². The van der Waals surface area contributed by atoms with Crippen LogP contribution < -0.4 is 0 Å². The molecule has 0 radical (unpaired) electrons. The number of aliphatic hydroxyl groups is 1. The van der Waals surface area contributed by atoms with Gasteiger partial charge in [-0.2, -0.15) is 0 Å². The number of hydrogen-bond donors (Lipinski definition) is 1. The van der Waals surface area contributed by atoms with Crippen LogP contribution in [0.2, 0.25) is 0 Å². The van der Waals surface area contributed by atoms with Gasteiger partial charge in [-0.3, -0.25) is 9.59 Å². The van der Waals surface area contributed by atoms with E-state index >= 15 is 0 Å². The zero-order chi connectivity index (χ0) is 37.8. The molecule has 0 aliphatic heterocycles. The summed E-state index contributed by atoms with van der Waals surface area (Å²) >= 11 is 0. The first-order valence-corrected chi connectivity index (χ1v) is 20.8. The van der Waals surface area contributed by atoms with Crippen molar-refractivity contribution >= 4 is 11.6 Å². The molecule has 4 nitrogen and oxygen atoms in total. The molecule has 286 valence electrons. The second-order valence-electron chi connectivity index (χ2n) is 18.2. The number of rotatable bonds is 6. The van der Waals surface area contributed by atoms with Gasteiger partial charge in [-0.1, -0.05) is 94.7 Å². The lowest BCUT2D eigenvalue weighted by Crippen LogP contribution is -2.61. The Hall–Kier alpha value is -1.52. The third-order valence-corrected chi connectivity index (χ3v) is 14.7. The Morgan fingerprint density at radius 1 is 0.900 bits per heavy atom. The summed E-state index contributed by atoms with van der Waals surface area (Å²) in [4.78, 5) is 25.5. The van der Waals surface area contributed by atoms with Gasteiger partial charge >= 0.3 is 0 Å². The van der Waals surface area contributed by atoms with E-state index in [0.29, 0.717) is 59.1 Å². The van der Waals surface area contributed by atoms with Gasteiger partial charge in [0.15, 0.2) is 5.78 Å². The van der Waals surface area contributed by atoms with Crippen molar-refractivity contribution in [3.05, 3.63) is 34.4 Å². The van der Waals surface area contributed by atoms with E-state index in [2.05, 4.69) is 81.4 Å². The average Bonchev–Trinajstić information content (AvgIpc) is 3.38. The van der Waals surface area contributed by atoms with Crippen LogP contribution >= 0.6 is 0 Å². The first kappa shape index (κ1) is 42.9. The zero-order valence-electron chi connectivity index (χ0n) is 35.1. The number of ether oxygens (including phenoxy) is 1. The topological polar surface area (TPSA) is 63.6 Å². The van der Waals surface area contributed by atoms with Crippen molar-refractivity contribution in [2.24, 2.45) is 57.7 Å². The largest absolute Gasteiger partial charge is 0.400 e. The monoisotopic (exact) mass is 695 g/mol. The first-order chi connectivity index (χ1) is 23.6. The molecule has 6 aliphatic carbocycles. The molecule has 0 aromatic rings. The highest BCUT2D eigenvalue weighted by molar-refractivity contribution is 6.01. The summed E-state index contributed by atoms with van der Waals surface area (Å²) < 4.78 is 6.57. The van der Waals surface area contributed by atoms with Crippen LogP contribution in [0.1, 0.15) is 167 Å².